The van der Waals surface area contributed by atoms with E-state index >= 15 is 0 Å². The van der Waals surface area contributed by atoms with Crippen LogP contribution in [0.3, 0.4) is 0 Å². The van der Waals surface area contributed by atoms with Gasteiger partial charge in [-0.15, -0.1) is 6.58 Å². The van der Waals surface area contributed by atoms with Crippen LogP contribution in [0.5, 0.6) is 0 Å². The van der Waals surface area contributed by atoms with Crippen LogP contribution in [0.25, 0.3) is 0 Å². The van der Waals surface area contributed by atoms with E-state index in [9.17, 15) is 28.8 Å². The average molecular weight is 557 g/mol. The molecule has 0 spiro atoms. The number of aldehydes is 1. The summed E-state index contributed by atoms with van der Waals surface area (Å²) in [6.45, 7) is 7.71. The summed E-state index contributed by atoms with van der Waals surface area (Å²) < 4.78 is 43.4. The molecule has 0 bridgehead atoms. The third kappa shape index (κ3) is 8.35. The first-order valence-corrected chi connectivity index (χ1v) is 11.9. The van der Waals surface area contributed by atoms with Crippen LogP contribution in [0.4, 0.5) is 0 Å². The number of ether oxygens (including phenoxy) is 8. The topological polar surface area (TPSA) is 176 Å². The molecule has 39 heavy (non-hydrogen) atoms. The fourth-order valence-corrected chi connectivity index (χ4v) is 4.25. The predicted octanol–water partition coefficient (Wildman–Crippen LogP) is 0.507. The van der Waals surface area contributed by atoms with Crippen molar-refractivity contribution in [2.75, 3.05) is 13.7 Å². The normalized spacial score (nSPS) is 29.9. The van der Waals surface area contributed by atoms with Gasteiger partial charge in [-0.3, -0.25) is 19.2 Å². The van der Waals surface area contributed by atoms with Gasteiger partial charge in [0.05, 0.1) is 18.9 Å². The zero-order valence-electron chi connectivity index (χ0n) is 22.2. The molecule has 0 N–H and O–H groups in total. The molecule has 8 atom stereocenters. The highest BCUT2D eigenvalue weighted by molar-refractivity contribution is 5.89. The van der Waals surface area contributed by atoms with Crippen molar-refractivity contribution in [3.63, 3.8) is 0 Å². The molecule has 2 rings (SSSR count). The number of esters is 5. The van der Waals surface area contributed by atoms with Crippen LogP contribution in [0.1, 0.15) is 34.1 Å². The minimum Gasteiger partial charge on any atom is -0.471 e. The summed E-state index contributed by atoms with van der Waals surface area (Å²) in [6, 6.07) is 0. The molecule has 8 unspecified atom stereocenters. The molecule has 0 aromatic carbocycles. The molecule has 14 heteroatoms. The average Bonchev–Trinajstić information content (AvgIpc) is 2.85. The van der Waals surface area contributed by atoms with Gasteiger partial charge in [-0.05, 0) is 0 Å². The van der Waals surface area contributed by atoms with E-state index in [1.165, 1.54) is 13.2 Å². The molecule has 2 heterocycles. The molecule has 1 fully saturated rings. The Bertz CT molecular complexity index is 987. The fourth-order valence-electron chi connectivity index (χ4n) is 4.25. The summed E-state index contributed by atoms with van der Waals surface area (Å²) in [4.78, 5) is 71.0. The molecular weight excluding hydrogens is 524 g/mol. The van der Waals surface area contributed by atoms with Gasteiger partial charge in [-0.1, -0.05) is 6.08 Å². The minimum absolute atomic E-state index is 0.0656. The van der Waals surface area contributed by atoms with Crippen molar-refractivity contribution in [2.24, 2.45) is 11.8 Å². The number of hydrogen-bond donors (Lipinski definition) is 0. The summed E-state index contributed by atoms with van der Waals surface area (Å²) in [5, 5.41) is 0. The van der Waals surface area contributed by atoms with E-state index < -0.39 is 85.3 Å². The Hall–Kier alpha value is -3.78. The Morgan fingerprint density at radius 1 is 0.897 bits per heavy atom. The van der Waals surface area contributed by atoms with E-state index in [-0.39, 0.29) is 12.0 Å². The third-order valence-electron chi connectivity index (χ3n) is 5.77. The molecule has 14 nitrogen and oxygen atoms in total. The number of carbonyl (C=O) groups is 6. The Morgan fingerprint density at radius 3 is 2.00 bits per heavy atom. The second kappa shape index (κ2) is 14.4. The van der Waals surface area contributed by atoms with Gasteiger partial charge in [0.2, 0.25) is 12.6 Å². The van der Waals surface area contributed by atoms with Crippen molar-refractivity contribution in [3.8, 4) is 0 Å². The van der Waals surface area contributed by atoms with Gasteiger partial charge < -0.3 is 42.7 Å². The first-order chi connectivity index (χ1) is 18.4. The fraction of sp³-hybridized carbons (Fsp3) is 0.600. The second-order valence-corrected chi connectivity index (χ2v) is 8.59. The van der Waals surface area contributed by atoms with Crippen LogP contribution in [0.15, 0.2) is 24.5 Å². The van der Waals surface area contributed by atoms with Gasteiger partial charge in [-0.25, -0.2) is 4.79 Å². The molecule has 0 aromatic rings. The Labute approximate surface area is 224 Å². The summed E-state index contributed by atoms with van der Waals surface area (Å²) >= 11 is 0. The van der Waals surface area contributed by atoms with Crippen LogP contribution >= 0.6 is 0 Å². The largest absolute Gasteiger partial charge is 0.471 e. The highest BCUT2D eigenvalue weighted by atomic mass is 16.8. The predicted molar refractivity (Wildman–Crippen MR) is 126 cm³/mol. The minimum atomic E-state index is -1.54. The molecule has 0 radical (unpaired) electrons. The maximum atomic E-state index is 12.2. The molecule has 216 valence electrons. The van der Waals surface area contributed by atoms with Crippen LogP contribution in [0, 0.1) is 11.8 Å². The van der Waals surface area contributed by atoms with Gasteiger partial charge in [0.15, 0.2) is 18.3 Å². The molecule has 1 saturated heterocycles. The summed E-state index contributed by atoms with van der Waals surface area (Å²) in [5.41, 5.74) is 0.0656. The molecule has 2 aliphatic heterocycles. The van der Waals surface area contributed by atoms with Gasteiger partial charge in [0.25, 0.3) is 0 Å². The number of hydrogen-bond acceptors (Lipinski definition) is 14. The standard InChI is InChI=1S/C25H32O14/c1-7-16-17(8-9-26)18(23(31)32-6)10-34-24(16)39-25-22(37-15(5)30)21(36-14(4)29)20(35-13(3)28)19(38-25)11-33-12(2)27/h7,9-10,16-17,19-22,24-25H,1,8,11H2,2-6H3. The molecule has 2 aliphatic rings. The Morgan fingerprint density at radius 2 is 1.49 bits per heavy atom. The van der Waals surface area contributed by atoms with E-state index in [1.54, 1.807) is 0 Å². The lowest BCUT2D eigenvalue weighted by atomic mass is 9.82. The molecular formula is C25H32O14. The Kier molecular flexibility index (Phi) is 11.6. The first kappa shape index (κ1) is 31.4. The summed E-state index contributed by atoms with van der Waals surface area (Å²) in [5.74, 6) is -5.36. The SMILES string of the molecule is C=CC1C(OC2OC(COC(C)=O)C(OC(C)=O)C(OC(C)=O)C2OC(C)=O)OC=C(C(=O)OC)C1CC=O. The van der Waals surface area contributed by atoms with Crippen LogP contribution < -0.4 is 0 Å². The molecule has 0 amide bonds. The molecule has 0 aliphatic carbocycles. The maximum absolute atomic E-state index is 12.2. The van der Waals surface area contributed by atoms with E-state index in [4.69, 9.17) is 37.9 Å². The zero-order chi connectivity index (χ0) is 29.3. The van der Waals surface area contributed by atoms with Gasteiger partial charge in [0.1, 0.15) is 19.0 Å². The highest BCUT2D eigenvalue weighted by Crippen LogP contribution is 2.37. The quantitative estimate of drug-likeness (QED) is 0.149. The number of rotatable bonds is 11. The molecule has 0 saturated carbocycles. The van der Waals surface area contributed by atoms with Gasteiger partial charge in [-0.2, -0.15) is 0 Å². The van der Waals surface area contributed by atoms with Gasteiger partial charge in [0, 0.05) is 46.0 Å². The summed E-state index contributed by atoms with van der Waals surface area (Å²) in [6.07, 6.45) is -5.36. The third-order valence-corrected chi connectivity index (χ3v) is 5.77. The maximum Gasteiger partial charge on any atom is 0.337 e. The first-order valence-electron chi connectivity index (χ1n) is 11.9. The zero-order valence-corrected chi connectivity index (χ0v) is 22.2. The Balaban J connectivity index is 2.51. The lowest BCUT2D eigenvalue weighted by Gasteiger charge is -2.45. The van der Waals surface area contributed by atoms with E-state index in [0.29, 0.717) is 6.29 Å². The molecule has 0 aromatic heterocycles. The lowest BCUT2D eigenvalue weighted by molar-refractivity contribution is -0.342. The van der Waals surface area contributed by atoms with Crippen molar-refractivity contribution in [1.82, 2.24) is 0 Å². The monoisotopic (exact) mass is 556 g/mol. The van der Waals surface area contributed by atoms with E-state index in [0.717, 1.165) is 34.0 Å². The van der Waals surface area contributed by atoms with Crippen LogP contribution in [-0.4, -0.2) is 86.8 Å². The number of methoxy groups -OCH3 is 1. The van der Waals surface area contributed by atoms with Crippen molar-refractivity contribution in [2.45, 2.75) is 71.1 Å². The van der Waals surface area contributed by atoms with Crippen molar-refractivity contribution < 1.29 is 66.7 Å². The lowest BCUT2D eigenvalue weighted by Crippen LogP contribution is -2.63. The smallest absolute Gasteiger partial charge is 0.337 e. The van der Waals surface area contributed by atoms with Crippen molar-refractivity contribution in [3.05, 3.63) is 24.5 Å². The van der Waals surface area contributed by atoms with Crippen LogP contribution in [-0.2, 0) is 66.7 Å². The second-order valence-electron chi connectivity index (χ2n) is 8.59. The number of carbonyl (C=O) groups excluding carboxylic acids is 6. The van der Waals surface area contributed by atoms with Crippen molar-refractivity contribution in [1.29, 1.82) is 0 Å². The summed E-state index contributed by atoms with van der Waals surface area (Å²) in [7, 11) is 1.17. The van der Waals surface area contributed by atoms with Crippen LogP contribution in [0.2, 0.25) is 0 Å². The van der Waals surface area contributed by atoms with Gasteiger partial charge >= 0.3 is 29.8 Å². The highest BCUT2D eigenvalue weighted by Gasteiger charge is 2.54. The van der Waals surface area contributed by atoms with E-state index in [1.807, 2.05) is 0 Å². The van der Waals surface area contributed by atoms with Crippen molar-refractivity contribution >= 4 is 36.1 Å². The van der Waals surface area contributed by atoms with E-state index in [2.05, 4.69) is 6.58 Å².